The summed E-state index contributed by atoms with van der Waals surface area (Å²) in [6.07, 6.45) is 6.13. The van der Waals surface area contributed by atoms with Crippen molar-refractivity contribution in [3.63, 3.8) is 0 Å². The third kappa shape index (κ3) is 3.55. The van der Waals surface area contributed by atoms with Gasteiger partial charge in [0.05, 0.1) is 8.07 Å². The van der Waals surface area contributed by atoms with E-state index in [1.165, 1.54) is 5.19 Å². The van der Waals surface area contributed by atoms with Crippen LogP contribution < -0.4 is 5.19 Å². The second kappa shape index (κ2) is 6.77. The number of allylic oxidation sites excluding steroid dienone is 3. The summed E-state index contributed by atoms with van der Waals surface area (Å²) in [4.78, 5) is 0. The van der Waals surface area contributed by atoms with Gasteiger partial charge in [-0.25, -0.2) is 0 Å². The average molecular weight is 307 g/mol. The Bertz CT molecular complexity index is 365. The number of hydrogen-bond donors (Lipinski definition) is 0. The van der Waals surface area contributed by atoms with Crippen LogP contribution in [-0.4, -0.2) is 8.07 Å². The van der Waals surface area contributed by atoms with E-state index in [1.807, 2.05) is 18.2 Å². The quantitative estimate of drug-likeness (QED) is 0.507. The Morgan fingerprint density at radius 1 is 0.882 bits per heavy atom. The summed E-state index contributed by atoms with van der Waals surface area (Å²) in [7, 11) is -1.57. The van der Waals surface area contributed by atoms with Gasteiger partial charge < -0.3 is 0 Å². The van der Waals surface area contributed by atoms with Gasteiger partial charge in [0.25, 0.3) is 0 Å². The number of halogens is 1. The molecule has 1 aromatic carbocycles. The van der Waals surface area contributed by atoms with Crippen LogP contribution in [0.3, 0.4) is 0 Å². The summed E-state index contributed by atoms with van der Waals surface area (Å²) in [5, 5.41) is 1.46. The van der Waals surface area contributed by atoms with E-state index in [0.29, 0.717) is 0 Å². The molecule has 0 fully saturated rings. The van der Waals surface area contributed by atoms with Gasteiger partial charge >= 0.3 is 0 Å². The first-order chi connectivity index (χ1) is 8.18. The Morgan fingerprint density at radius 2 is 1.29 bits per heavy atom. The van der Waals surface area contributed by atoms with E-state index in [1.54, 1.807) is 0 Å². The molecule has 0 heterocycles. The molecule has 0 radical (unpaired) electrons. The number of rotatable bonds is 7. The van der Waals surface area contributed by atoms with E-state index in [-0.39, 0.29) is 0 Å². The highest BCUT2D eigenvalue weighted by Gasteiger charge is 2.30. The third-order valence-corrected chi connectivity index (χ3v) is 8.36. The largest absolute Gasteiger partial charge is 0.103 e. The first-order valence-corrected chi connectivity index (χ1v) is 9.18. The van der Waals surface area contributed by atoms with Gasteiger partial charge in [-0.2, -0.15) is 0 Å². The summed E-state index contributed by atoms with van der Waals surface area (Å²) in [6, 6.07) is 11.9. The monoisotopic (exact) mass is 306 g/mol. The lowest BCUT2D eigenvalue weighted by Gasteiger charge is -2.29. The topological polar surface area (TPSA) is 0 Å². The zero-order chi connectivity index (χ0) is 12.7. The Kier molecular flexibility index (Phi) is 5.66. The molecule has 0 spiro atoms. The SMILES string of the molecule is C=CC[Si](CC=C)(CC=C)c1ccc(Br)cc1. The minimum absolute atomic E-state index is 1.08. The minimum atomic E-state index is -1.57. The molecule has 0 aromatic heterocycles. The summed E-state index contributed by atoms with van der Waals surface area (Å²) in [5.74, 6) is 0. The maximum Gasteiger partial charge on any atom is 0.0977 e. The molecule has 0 bridgehead atoms. The zero-order valence-corrected chi connectivity index (χ0v) is 12.7. The fourth-order valence-electron chi connectivity index (χ4n) is 2.24. The van der Waals surface area contributed by atoms with Crippen molar-refractivity contribution in [3.8, 4) is 0 Å². The van der Waals surface area contributed by atoms with Crippen LogP contribution in [0, 0.1) is 0 Å². The summed E-state index contributed by atoms with van der Waals surface area (Å²) in [5.41, 5.74) is 0. The molecule has 17 heavy (non-hydrogen) atoms. The van der Waals surface area contributed by atoms with Crippen molar-refractivity contribution in [2.75, 3.05) is 0 Å². The highest BCUT2D eigenvalue weighted by atomic mass is 79.9. The van der Waals surface area contributed by atoms with Crippen molar-refractivity contribution in [3.05, 3.63) is 66.7 Å². The lowest BCUT2D eigenvalue weighted by molar-refractivity contribution is 1.38. The van der Waals surface area contributed by atoms with Crippen LogP contribution in [-0.2, 0) is 0 Å². The minimum Gasteiger partial charge on any atom is -0.103 e. The van der Waals surface area contributed by atoms with E-state index >= 15 is 0 Å². The van der Waals surface area contributed by atoms with Gasteiger partial charge in [-0.15, -0.1) is 19.7 Å². The Balaban J connectivity index is 3.17. The molecule has 0 aliphatic heterocycles. The maximum atomic E-state index is 3.91. The fraction of sp³-hybridized carbons (Fsp3) is 0.200. The standard InChI is InChI=1S/C15H19BrSi/c1-4-11-17(12-5-2,13-6-3)15-9-7-14(16)8-10-15/h4-10H,1-3,11-13H2. The van der Waals surface area contributed by atoms with Crippen molar-refractivity contribution in [2.45, 2.75) is 18.1 Å². The lowest BCUT2D eigenvalue weighted by Crippen LogP contribution is -2.46. The number of hydrogen-bond acceptors (Lipinski definition) is 0. The van der Waals surface area contributed by atoms with E-state index in [9.17, 15) is 0 Å². The molecular formula is C15H19BrSi. The second-order valence-electron chi connectivity index (χ2n) is 4.27. The van der Waals surface area contributed by atoms with E-state index in [4.69, 9.17) is 0 Å². The molecule has 2 heteroatoms. The van der Waals surface area contributed by atoms with Crippen molar-refractivity contribution in [2.24, 2.45) is 0 Å². The van der Waals surface area contributed by atoms with Gasteiger partial charge in [-0.1, -0.05) is 51.5 Å². The Hall–Kier alpha value is -0.863. The smallest absolute Gasteiger partial charge is 0.0977 e. The van der Waals surface area contributed by atoms with Crippen LogP contribution in [0.25, 0.3) is 0 Å². The molecule has 0 aliphatic carbocycles. The molecule has 0 nitrogen and oxygen atoms in total. The van der Waals surface area contributed by atoms with Crippen molar-refractivity contribution in [1.29, 1.82) is 0 Å². The molecule has 0 unspecified atom stereocenters. The highest BCUT2D eigenvalue weighted by molar-refractivity contribution is 9.10. The highest BCUT2D eigenvalue weighted by Crippen LogP contribution is 2.23. The van der Waals surface area contributed by atoms with Crippen LogP contribution in [0.5, 0.6) is 0 Å². The molecule has 1 rings (SSSR count). The second-order valence-corrected chi connectivity index (χ2v) is 9.54. The first-order valence-electron chi connectivity index (χ1n) is 5.77. The zero-order valence-electron chi connectivity index (χ0n) is 10.2. The van der Waals surface area contributed by atoms with Gasteiger partial charge in [-0.3, -0.25) is 0 Å². The average Bonchev–Trinajstić information content (AvgIpc) is 2.30. The molecule has 0 atom stereocenters. The molecule has 0 aliphatic rings. The normalized spacial score (nSPS) is 10.9. The van der Waals surface area contributed by atoms with Gasteiger partial charge in [0.1, 0.15) is 0 Å². The van der Waals surface area contributed by atoms with E-state index in [0.717, 1.165) is 22.6 Å². The van der Waals surface area contributed by atoms with Crippen LogP contribution in [0.1, 0.15) is 0 Å². The molecule has 0 amide bonds. The predicted octanol–water partition coefficient (Wildman–Crippen LogP) is 4.66. The van der Waals surface area contributed by atoms with Gasteiger partial charge in [0.15, 0.2) is 0 Å². The molecule has 0 saturated carbocycles. The van der Waals surface area contributed by atoms with Gasteiger partial charge in [0, 0.05) is 4.47 Å². The van der Waals surface area contributed by atoms with Gasteiger partial charge in [-0.05, 0) is 30.3 Å². The van der Waals surface area contributed by atoms with Crippen LogP contribution in [0.4, 0.5) is 0 Å². The van der Waals surface area contributed by atoms with Crippen molar-refractivity contribution in [1.82, 2.24) is 0 Å². The van der Waals surface area contributed by atoms with Crippen LogP contribution in [0.2, 0.25) is 18.1 Å². The molecule has 0 N–H and O–H groups in total. The van der Waals surface area contributed by atoms with E-state index < -0.39 is 8.07 Å². The number of benzene rings is 1. The molecule has 90 valence electrons. The first kappa shape index (κ1) is 14.2. The third-order valence-electron chi connectivity index (χ3n) is 3.06. The summed E-state index contributed by atoms with van der Waals surface area (Å²) < 4.78 is 1.12. The maximum absolute atomic E-state index is 3.91. The summed E-state index contributed by atoms with van der Waals surface area (Å²) >= 11 is 3.48. The predicted molar refractivity (Wildman–Crippen MR) is 84.5 cm³/mol. The Labute approximate surface area is 114 Å². The fourth-order valence-corrected chi connectivity index (χ4v) is 6.24. The van der Waals surface area contributed by atoms with Crippen molar-refractivity contribution >= 4 is 29.2 Å². The van der Waals surface area contributed by atoms with Crippen molar-refractivity contribution < 1.29 is 0 Å². The summed E-state index contributed by atoms with van der Waals surface area (Å²) in [6.45, 7) is 11.7. The van der Waals surface area contributed by atoms with Crippen LogP contribution >= 0.6 is 15.9 Å². The van der Waals surface area contributed by atoms with E-state index in [2.05, 4.69) is 59.9 Å². The van der Waals surface area contributed by atoms with Crippen LogP contribution in [0.15, 0.2) is 66.7 Å². The lowest BCUT2D eigenvalue weighted by atomic mass is 10.4. The molecule has 1 aromatic rings. The molecular weight excluding hydrogens is 288 g/mol. The Morgan fingerprint density at radius 3 is 1.65 bits per heavy atom. The van der Waals surface area contributed by atoms with Gasteiger partial charge in [0.2, 0.25) is 0 Å². The molecule has 0 saturated heterocycles.